The van der Waals surface area contributed by atoms with Crippen molar-refractivity contribution in [2.45, 2.75) is 12.0 Å². The summed E-state index contributed by atoms with van der Waals surface area (Å²) in [6.45, 7) is 0.0433. The Morgan fingerprint density at radius 3 is 2.53 bits per heavy atom. The molecule has 0 radical (unpaired) electrons. The van der Waals surface area contributed by atoms with Gasteiger partial charge in [-0.1, -0.05) is 30.3 Å². The molecule has 0 fully saturated rings. The van der Waals surface area contributed by atoms with Crippen LogP contribution in [0.2, 0.25) is 0 Å². The molecule has 94 valence electrons. The molecule has 0 amide bonds. The maximum Gasteiger partial charge on any atom is 0.133 e. The van der Waals surface area contributed by atoms with Gasteiger partial charge in [0.15, 0.2) is 0 Å². The summed E-state index contributed by atoms with van der Waals surface area (Å²) in [6.07, 6.45) is -0.185. The van der Waals surface area contributed by atoms with Crippen molar-refractivity contribution in [3.63, 3.8) is 0 Å². The molecule has 2 unspecified atom stereocenters. The largest absolute Gasteiger partial charge is 0.485 e. The lowest BCUT2D eigenvalue weighted by Gasteiger charge is -2.17. The second kappa shape index (κ2) is 4.75. The van der Waals surface area contributed by atoms with Gasteiger partial charge in [-0.05, 0) is 23.8 Å². The van der Waals surface area contributed by atoms with Gasteiger partial charge in [-0.2, -0.15) is 5.26 Å². The molecule has 0 spiro atoms. The molecule has 3 rings (SSSR count). The number of ether oxygens (including phenoxy) is 1. The normalized spacial score (nSPS) is 20.4. The van der Waals surface area contributed by atoms with Crippen LogP contribution in [0.25, 0.3) is 0 Å². The predicted molar refractivity (Wildman–Crippen MR) is 70.8 cm³/mol. The van der Waals surface area contributed by atoms with E-state index in [0.29, 0.717) is 5.56 Å². The van der Waals surface area contributed by atoms with Crippen molar-refractivity contribution in [1.82, 2.24) is 0 Å². The fourth-order valence-corrected chi connectivity index (χ4v) is 2.52. The average molecular weight is 251 g/mol. The van der Waals surface area contributed by atoms with E-state index in [-0.39, 0.29) is 18.6 Å². The molecule has 1 heterocycles. The van der Waals surface area contributed by atoms with Crippen LogP contribution < -0.4 is 4.74 Å². The smallest absolute Gasteiger partial charge is 0.133 e. The number of para-hydroxylation sites is 1. The molecule has 3 heteroatoms. The van der Waals surface area contributed by atoms with Crippen LogP contribution in [0.5, 0.6) is 5.75 Å². The minimum Gasteiger partial charge on any atom is -0.485 e. The lowest BCUT2D eigenvalue weighted by molar-refractivity contribution is 0.160. The number of hydrogen-bond acceptors (Lipinski definition) is 3. The highest BCUT2D eigenvalue weighted by Crippen LogP contribution is 2.45. The number of nitriles is 1. The second-order valence-corrected chi connectivity index (χ2v) is 4.60. The molecule has 2 aromatic rings. The highest BCUT2D eigenvalue weighted by molar-refractivity contribution is 5.44. The van der Waals surface area contributed by atoms with E-state index in [9.17, 15) is 5.11 Å². The number of aliphatic hydroxyl groups is 1. The molecule has 19 heavy (non-hydrogen) atoms. The first kappa shape index (κ1) is 11.8. The third-order valence-corrected chi connectivity index (χ3v) is 3.50. The molecular formula is C16H13NO2. The Labute approximate surface area is 111 Å². The van der Waals surface area contributed by atoms with Crippen LogP contribution in [0, 0.1) is 11.3 Å². The Morgan fingerprint density at radius 2 is 1.84 bits per heavy atom. The van der Waals surface area contributed by atoms with Crippen LogP contribution in [-0.4, -0.2) is 11.7 Å². The Kier molecular flexibility index (Phi) is 2.94. The maximum atomic E-state index is 9.61. The molecule has 3 nitrogen and oxygen atoms in total. The monoisotopic (exact) mass is 251 g/mol. The first-order chi connectivity index (χ1) is 9.33. The van der Waals surface area contributed by atoms with Crippen molar-refractivity contribution < 1.29 is 9.84 Å². The Hall–Kier alpha value is -2.31. The number of rotatable bonds is 2. The van der Waals surface area contributed by atoms with Gasteiger partial charge >= 0.3 is 0 Å². The quantitative estimate of drug-likeness (QED) is 0.892. The minimum atomic E-state index is -0.185. The summed E-state index contributed by atoms with van der Waals surface area (Å²) < 4.78 is 5.93. The number of hydrogen-bond donors (Lipinski definition) is 1. The van der Waals surface area contributed by atoms with E-state index in [1.807, 2.05) is 36.4 Å². The zero-order valence-corrected chi connectivity index (χ0v) is 10.3. The van der Waals surface area contributed by atoms with Crippen LogP contribution in [-0.2, 0) is 0 Å². The van der Waals surface area contributed by atoms with Crippen molar-refractivity contribution in [2.24, 2.45) is 0 Å². The molecule has 1 aliphatic rings. The molecule has 0 saturated carbocycles. The Morgan fingerprint density at radius 1 is 1.11 bits per heavy atom. The average Bonchev–Trinajstić information content (AvgIpc) is 2.85. The number of fused-ring (bicyclic) bond motifs is 1. The van der Waals surface area contributed by atoms with Crippen LogP contribution in [0.3, 0.4) is 0 Å². The molecule has 1 aliphatic heterocycles. The van der Waals surface area contributed by atoms with Crippen LogP contribution >= 0.6 is 0 Å². The van der Waals surface area contributed by atoms with E-state index in [4.69, 9.17) is 10.00 Å². The van der Waals surface area contributed by atoms with Gasteiger partial charge in [0, 0.05) is 5.56 Å². The van der Waals surface area contributed by atoms with Gasteiger partial charge < -0.3 is 9.84 Å². The SMILES string of the molecule is N#Cc1ccc(C2Oc3ccccc3C2CO)cc1. The molecule has 0 bridgehead atoms. The first-order valence-electron chi connectivity index (χ1n) is 6.20. The highest BCUT2D eigenvalue weighted by Gasteiger charge is 2.34. The molecular weight excluding hydrogens is 238 g/mol. The summed E-state index contributed by atoms with van der Waals surface area (Å²) in [5.41, 5.74) is 2.65. The third-order valence-electron chi connectivity index (χ3n) is 3.50. The second-order valence-electron chi connectivity index (χ2n) is 4.60. The lowest BCUT2D eigenvalue weighted by atomic mass is 9.91. The van der Waals surface area contributed by atoms with Gasteiger partial charge in [0.1, 0.15) is 11.9 Å². The summed E-state index contributed by atoms with van der Waals surface area (Å²) in [4.78, 5) is 0. The summed E-state index contributed by atoms with van der Waals surface area (Å²) in [5.74, 6) is 0.778. The van der Waals surface area contributed by atoms with E-state index in [0.717, 1.165) is 16.9 Å². The van der Waals surface area contributed by atoms with Gasteiger partial charge in [-0.25, -0.2) is 0 Å². The zero-order chi connectivity index (χ0) is 13.2. The lowest BCUT2D eigenvalue weighted by Crippen LogP contribution is -2.13. The van der Waals surface area contributed by atoms with E-state index >= 15 is 0 Å². The van der Waals surface area contributed by atoms with Gasteiger partial charge in [-0.3, -0.25) is 0 Å². The summed E-state index contributed by atoms with van der Waals surface area (Å²) in [7, 11) is 0. The van der Waals surface area contributed by atoms with Crippen LogP contribution in [0.15, 0.2) is 48.5 Å². The van der Waals surface area contributed by atoms with E-state index < -0.39 is 0 Å². The van der Waals surface area contributed by atoms with E-state index in [2.05, 4.69) is 6.07 Å². The van der Waals surface area contributed by atoms with Crippen molar-refractivity contribution in [1.29, 1.82) is 5.26 Å². The minimum absolute atomic E-state index is 0.0433. The van der Waals surface area contributed by atoms with Gasteiger partial charge in [-0.15, -0.1) is 0 Å². The fraction of sp³-hybridized carbons (Fsp3) is 0.188. The van der Waals surface area contributed by atoms with Crippen molar-refractivity contribution in [3.8, 4) is 11.8 Å². The predicted octanol–water partition coefficient (Wildman–Crippen LogP) is 2.77. The van der Waals surface area contributed by atoms with Crippen LogP contribution in [0.4, 0.5) is 0 Å². The molecule has 2 aromatic carbocycles. The maximum absolute atomic E-state index is 9.61. The third kappa shape index (κ3) is 1.96. The fourth-order valence-electron chi connectivity index (χ4n) is 2.52. The zero-order valence-electron chi connectivity index (χ0n) is 10.3. The standard InChI is InChI=1S/C16H13NO2/c17-9-11-5-7-12(8-6-11)16-14(10-18)13-3-1-2-4-15(13)19-16/h1-8,14,16,18H,10H2. The number of aliphatic hydroxyl groups excluding tert-OH is 1. The molecule has 0 aliphatic carbocycles. The molecule has 0 saturated heterocycles. The summed E-state index contributed by atoms with van der Waals surface area (Å²) >= 11 is 0. The van der Waals surface area contributed by atoms with Crippen LogP contribution in [0.1, 0.15) is 28.7 Å². The number of nitrogens with zero attached hydrogens (tertiary/aromatic N) is 1. The highest BCUT2D eigenvalue weighted by atomic mass is 16.5. The first-order valence-corrected chi connectivity index (χ1v) is 6.20. The van der Waals surface area contributed by atoms with Gasteiger partial charge in [0.25, 0.3) is 0 Å². The summed E-state index contributed by atoms with van der Waals surface area (Å²) in [5, 5.41) is 18.4. The van der Waals surface area contributed by atoms with E-state index in [1.165, 1.54) is 0 Å². The molecule has 0 aromatic heterocycles. The topological polar surface area (TPSA) is 53.2 Å². The van der Waals surface area contributed by atoms with Gasteiger partial charge in [0.2, 0.25) is 0 Å². The Bertz CT molecular complexity index is 628. The Balaban J connectivity index is 1.96. The molecule has 1 N–H and O–H groups in total. The molecule has 2 atom stereocenters. The summed E-state index contributed by atoms with van der Waals surface area (Å²) in [6, 6.07) is 17.2. The van der Waals surface area contributed by atoms with Crippen molar-refractivity contribution in [3.05, 3.63) is 65.2 Å². The van der Waals surface area contributed by atoms with Gasteiger partial charge in [0.05, 0.1) is 24.2 Å². The van der Waals surface area contributed by atoms with Crippen molar-refractivity contribution >= 4 is 0 Å². The number of benzene rings is 2. The van der Waals surface area contributed by atoms with Crippen molar-refractivity contribution in [2.75, 3.05) is 6.61 Å². The van der Waals surface area contributed by atoms with E-state index in [1.54, 1.807) is 12.1 Å².